The summed E-state index contributed by atoms with van der Waals surface area (Å²) in [5.41, 5.74) is 3.97. The summed E-state index contributed by atoms with van der Waals surface area (Å²) in [4.78, 5) is 41.8. The van der Waals surface area contributed by atoms with E-state index in [-0.39, 0.29) is 95.4 Å². The fraction of sp³-hybridized carbons (Fsp3) is 0.662. The highest BCUT2D eigenvalue weighted by Gasteiger charge is 2.38. The third-order valence-electron chi connectivity index (χ3n) is 14.1. The smallest absolute Gasteiger partial charge is 0.306 e. The van der Waals surface area contributed by atoms with Crippen LogP contribution in [0.4, 0.5) is 0 Å². The van der Waals surface area contributed by atoms with Crippen LogP contribution in [0.2, 0.25) is 0 Å². The molecule has 0 aromatic heterocycles. The number of thiocarbonyl (C=S) groups is 1. The van der Waals surface area contributed by atoms with E-state index in [0.29, 0.717) is 30.7 Å². The van der Waals surface area contributed by atoms with Gasteiger partial charge in [-0.15, -0.1) is 0 Å². The van der Waals surface area contributed by atoms with E-state index in [0.717, 1.165) is 82.2 Å². The first-order chi connectivity index (χ1) is 34.8. The number of rotatable bonds is 24. The summed E-state index contributed by atoms with van der Waals surface area (Å²) >= 11 is 5.76. The largest absolute Gasteiger partial charge is 0.507 e. The zero-order chi connectivity index (χ0) is 57.8. The van der Waals surface area contributed by atoms with Gasteiger partial charge in [0.25, 0.3) is 0 Å². The van der Waals surface area contributed by atoms with Crippen molar-refractivity contribution in [2.24, 2.45) is 5.41 Å². The first-order valence-corrected chi connectivity index (χ1v) is 28.4. The summed E-state index contributed by atoms with van der Waals surface area (Å²) in [6, 6.07) is 11.7. The van der Waals surface area contributed by atoms with E-state index in [1.54, 1.807) is 0 Å². The summed E-state index contributed by atoms with van der Waals surface area (Å²) < 4.78 is 24.6. The van der Waals surface area contributed by atoms with E-state index >= 15 is 0 Å². The first kappa shape index (κ1) is 65.6. The summed E-state index contributed by atoms with van der Waals surface area (Å²) in [7, 11) is 0. The Morgan fingerprint density at radius 2 is 0.618 bits per heavy atom. The van der Waals surface area contributed by atoms with Crippen LogP contribution in [0.1, 0.15) is 246 Å². The van der Waals surface area contributed by atoms with Crippen LogP contribution in [0.15, 0.2) is 36.4 Å². The van der Waals surface area contributed by atoms with Gasteiger partial charge in [-0.25, -0.2) is 0 Å². The molecule has 10 nitrogen and oxygen atoms in total. The number of carbonyl (C=O) groups excluding carboxylic acids is 3. The predicted octanol–water partition coefficient (Wildman–Crippen LogP) is 15.5. The van der Waals surface area contributed by atoms with Gasteiger partial charge >= 0.3 is 17.9 Å². The van der Waals surface area contributed by atoms with Gasteiger partial charge in [-0.05, 0) is 120 Å². The van der Waals surface area contributed by atoms with Gasteiger partial charge in [0.15, 0.2) is 5.05 Å². The maximum absolute atomic E-state index is 13.9. The number of benzene rings is 3. The zero-order valence-electron chi connectivity index (χ0n) is 50.6. The Morgan fingerprint density at radius 3 is 0.868 bits per heavy atom. The quantitative estimate of drug-likeness (QED) is 0.0341. The third-order valence-corrected chi connectivity index (χ3v) is 14.4. The van der Waals surface area contributed by atoms with Gasteiger partial charge in [0.1, 0.15) is 49.1 Å². The molecule has 0 spiro atoms. The molecule has 3 aromatic carbocycles. The van der Waals surface area contributed by atoms with Gasteiger partial charge in [0, 0.05) is 25.7 Å². The molecule has 0 aliphatic rings. The lowest BCUT2D eigenvalue weighted by Crippen LogP contribution is -2.44. The minimum absolute atomic E-state index is 0.0182. The van der Waals surface area contributed by atoms with Crippen LogP contribution in [0.5, 0.6) is 17.2 Å². The predicted molar refractivity (Wildman–Crippen MR) is 313 cm³/mol. The van der Waals surface area contributed by atoms with Crippen LogP contribution < -0.4 is 0 Å². The Balaban J connectivity index is 2.02. The van der Waals surface area contributed by atoms with Crippen molar-refractivity contribution >= 4 is 35.2 Å². The molecule has 0 amide bonds. The van der Waals surface area contributed by atoms with Gasteiger partial charge in [-0.3, -0.25) is 14.4 Å². The van der Waals surface area contributed by atoms with E-state index in [4.69, 9.17) is 31.2 Å². The lowest BCUT2D eigenvalue weighted by atomic mass is 9.78. The van der Waals surface area contributed by atoms with E-state index in [9.17, 15) is 29.7 Å². The molecule has 0 aliphatic heterocycles. The highest BCUT2D eigenvalue weighted by atomic mass is 32.1. The average molecular weight is 1070 g/mol. The summed E-state index contributed by atoms with van der Waals surface area (Å²) in [5, 5.41) is 34.4. The minimum atomic E-state index is -1.35. The molecule has 0 atom stereocenters. The molecule has 0 radical (unpaired) electrons. The highest BCUT2D eigenvalue weighted by Crippen LogP contribution is 2.43. The number of phenolic OH excluding ortho intramolecular Hbond substituents is 3. The molecular formula is C65H100O10S. The second kappa shape index (κ2) is 26.8. The molecule has 0 saturated heterocycles. The molecule has 0 saturated carbocycles. The number of aromatic hydroxyl groups is 3. The van der Waals surface area contributed by atoms with Crippen molar-refractivity contribution < 1.29 is 48.7 Å². The van der Waals surface area contributed by atoms with Crippen LogP contribution in [0, 0.1) is 5.41 Å². The molecule has 3 aromatic rings. The van der Waals surface area contributed by atoms with Gasteiger partial charge in [0.2, 0.25) is 0 Å². The average Bonchev–Trinajstić information content (AvgIpc) is 3.28. The summed E-state index contributed by atoms with van der Waals surface area (Å²) in [6.45, 7) is 38.0. The maximum Gasteiger partial charge on any atom is 0.306 e. The van der Waals surface area contributed by atoms with Crippen molar-refractivity contribution in [1.82, 2.24) is 0 Å². The van der Waals surface area contributed by atoms with Crippen LogP contribution in [0.3, 0.4) is 0 Å². The van der Waals surface area contributed by atoms with Gasteiger partial charge < -0.3 is 34.3 Å². The van der Waals surface area contributed by atoms with Crippen molar-refractivity contribution in [3.8, 4) is 17.2 Å². The van der Waals surface area contributed by atoms with Crippen LogP contribution in [0.25, 0.3) is 0 Å². The molecule has 76 heavy (non-hydrogen) atoms. The molecule has 0 aliphatic carbocycles. The second-order valence-corrected chi connectivity index (χ2v) is 28.2. The van der Waals surface area contributed by atoms with E-state index < -0.39 is 23.3 Å². The van der Waals surface area contributed by atoms with Gasteiger partial charge in [-0.2, -0.15) is 0 Å². The second-order valence-electron chi connectivity index (χ2n) is 27.8. The van der Waals surface area contributed by atoms with E-state index in [1.807, 2.05) is 161 Å². The van der Waals surface area contributed by atoms with Crippen LogP contribution in [-0.2, 0) is 85.1 Å². The van der Waals surface area contributed by atoms with E-state index in [1.165, 1.54) is 6.42 Å². The highest BCUT2D eigenvalue weighted by molar-refractivity contribution is 7.80. The molecule has 0 heterocycles. The number of hydrogen-bond acceptors (Lipinski definition) is 11. The van der Waals surface area contributed by atoms with Gasteiger partial charge in [-0.1, -0.05) is 200 Å². The Morgan fingerprint density at radius 1 is 0.382 bits per heavy atom. The Labute approximate surface area is 464 Å². The molecule has 0 bridgehead atoms. The Kier molecular flexibility index (Phi) is 23.2. The topological polar surface area (TPSA) is 149 Å². The van der Waals surface area contributed by atoms with Crippen molar-refractivity contribution in [2.45, 2.75) is 248 Å². The number of phenols is 3. The van der Waals surface area contributed by atoms with Gasteiger partial charge in [0.05, 0.1) is 0 Å². The molecule has 0 fully saturated rings. The number of aryl methyl sites for hydroxylation is 3. The fourth-order valence-corrected chi connectivity index (χ4v) is 9.41. The van der Waals surface area contributed by atoms with Crippen LogP contribution >= 0.6 is 12.2 Å². The third kappa shape index (κ3) is 20.3. The Bertz CT molecular complexity index is 2090. The summed E-state index contributed by atoms with van der Waals surface area (Å²) in [6.07, 6.45) is 8.05. The molecule has 426 valence electrons. The SMILES string of the molecule is CCCCCCCCC(=S)OCC(COC(=O)CCc1cc(C(C)(C)C)c(O)c(C(C)(C)C)c1)(COC(=O)CCc1cc(C(C)(C)C)c(O)c(C(C)(C)C)c1)COC(=O)CCc1cc(C(C)(C)C)c(O)c(C(C)(C)C)c1. The number of esters is 3. The maximum atomic E-state index is 13.9. The van der Waals surface area contributed by atoms with Crippen molar-refractivity contribution in [3.05, 3.63) is 86.5 Å². The molecular weight excluding hydrogens is 973 g/mol. The number of unbranched alkanes of at least 4 members (excludes halogenated alkanes) is 5. The molecule has 0 unspecified atom stereocenters. The lowest BCUT2D eigenvalue weighted by molar-refractivity contribution is -0.164. The van der Waals surface area contributed by atoms with Crippen LogP contribution in [-0.4, -0.2) is 64.7 Å². The Hall–Kier alpha value is -4.64. The first-order valence-electron chi connectivity index (χ1n) is 28.0. The minimum Gasteiger partial charge on any atom is -0.507 e. The van der Waals surface area contributed by atoms with Crippen molar-refractivity contribution in [3.63, 3.8) is 0 Å². The molecule has 3 N–H and O–H groups in total. The number of hydrogen-bond donors (Lipinski definition) is 3. The van der Waals surface area contributed by atoms with Crippen molar-refractivity contribution in [2.75, 3.05) is 26.4 Å². The number of ether oxygens (including phenoxy) is 4. The molecule has 11 heteroatoms. The fourth-order valence-electron chi connectivity index (χ4n) is 9.21. The summed E-state index contributed by atoms with van der Waals surface area (Å²) in [5.74, 6) is -0.744. The lowest BCUT2D eigenvalue weighted by Gasteiger charge is -2.32. The zero-order valence-corrected chi connectivity index (χ0v) is 51.4. The monoisotopic (exact) mass is 1070 g/mol. The number of carbonyl (C=O) groups is 3. The normalized spacial score (nSPS) is 12.9. The molecule has 3 rings (SSSR count). The van der Waals surface area contributed by atoms with Crippen molar-refractivity contribution in [1.29, 1.82) is 0 Å². The van der Waals surface area contributed by atoms with E-state index in [2.05, 4.69) is 6.92 Å². The standard InChI is InChI=1S/C65H100O10S/c1-20-21-22-23-24-25-26-55(76)75-42-65(39-72-52(66)30-27-43-33-46(59(2,3)4)56(69)47(34-43)60(5,6)7,40-73-53(67)31-28-44-35-48(61(8,9)10)57(70)49(36-44)62(11,12)13)41-74-54(68)32-29-45-37-50(63(14,15)16)58(71)51(38-45)64(17,18)19/h33-38,69-71H,20-32,39-42H2,1-19H3.